The molecule has 0 unspecified atom stereocenters. The van der Waals surface area contributed by atoms with Gasteiger partial charge in [0, 0.05) is 29.9 Å². The van der Waals surface area contributed by atoms with Gasteiger partial charge >= 0.3 is 0 Å². The summed E-state index contributed by atoms with van der Waals surface area (Å²) in [6.45, 7) is 1.92. The first-order chi connectivity index (χ1) is 9.88. The largest absolute Gasteiger partial charge is 0.378 e. The number of aryl methyl sites for hydroxylation is 1. The molecule has 5 heteroatoms. The Balaban J connectivity index is 2.25. The molecule has 0 saturated carbocycles. The van der Waals surface area contributed by atoms with E-state index in [-0.39, 0.29) is 11.5 Å². The first kappa shape index (κ1) is 15.5. The van der Waals surface area contributed by atoms with Gasteiger partial charge in [0.25, 0.3) is 5.91 Å². The molecule has 0 bridgehead atoms. The van der Waals surface area contributed by atoms with E-state index in [4.69, 9.17) is 0 Å². The van der Waals surface area contributed by atoms with E-state index in [9.17, 15) is 9.18 Å². The summed E-state index contributed by atoms with van der Waals surface area (Å²) < 4.78 is 13.8. The number of halogens is 2. The number of hydrogen-bond donors (Lipinski definition) is 1. The monoisotopic (exact) mass is 350 g/mol. The van der Waals surface area contributed by atoms with Crippen LogP contribution in [0.5, 0.6) is 0 Å². The molecule has 1 amide bonds. The fraction of sp³-hybridized carbons (Fsp3) is 0.188. The van der Waals surface area contributed by atoms with Crippen molar-refractivity contribution < 1.29 is 9.18 Å². The van der Waals surface area contributed by atoms with E-state index in [1.54, 1.807) is 0 Å². The van der Waals surface area contributed by atoms with Crippen LogP contribution >= 0.6 is 15.9 Å². The van der Waals surface area contributed by atoms with Crippen molar-refractivity contribution in [2.45, 2.75) is 6.92 Å². The highest BCUT2D eigenvalue weighted by Crippen LogP contribution is 2.24. The van der Waals surface area contributed by atoms with Crippen LogP contribution in [0.1, 0.15) is 15.9 Å². The molecule has 0 aliphatic rings. The summed E-state index contributed by atoms with van der Waals surface area (Å²) in [6, 6.07) is 9.78. The van der Waals surface area contributed by atoms with Crippen LogP contribution in [0.2, 0.25) is 0 Å². The van der Waals surface area contributed by atoms with Crippen molar-refractivity contribution in [1.82, 2.24) is 0 Å². The van der Waals surface area contributed by atoms with Crippen LogP contribution in [0.15, 0.2) is 40.9 Å². The maximum Gasteiger partial charge on any atom is 0.256 e. The minimum atomic E-state index is -0.442. The minimum Gasteiger partial charge on any atom is -0.378 e. The first-order valence-electron chi connectivity index (χ1n) is 6.43. The summed E-state index contributed by atoms with van der Waals surface area (Å²) >= 11 is 3.26. The van der Waals surface area contributed by atoms with E-state index in [0.717, 1.165) is 11.3 Å². The van der Waals surface area contributed by atoms with Crippen molar-refractivity contribution >= 4 is 33.2 Å². The van der Waals surface area contributed by atoms with Crippen LogP contribution in [0, 0.1) is 12.7 Å². The molecule has 2 aromatic carbocycles. The highest BCUT2D eigenvalue weighted by atomic mass is 79.9. The van der Waals surface area contributed by atoms with E-state index in [1.165, 1.54) is 18.2 Å². The lowest BCUT2D eigenvalue weighted by molar-refractivity contribution is 0.102. The van der Waals surface area contributed by atoms with Gasteiger partial charge in [0.05, 0.1) is 5.56 Å². The topological polar surface area (TPSA) is 32.3 Å². The van der Waals surface area contributed by atoms with E-state index in [0.29, 0.717) is 10.2 Å². The first-order valence-corrected chi connectivity index (χ1v) is 7.22. The van der Waals surface area contributed by atoms with E-state index in [1.807, 2.05) is 44.1 Å². The molecule has 3 nitrogen and oxygen atoms in total. The number of carbonyl (C=O) groups is 1. The maximum atomic E-state index is 13.3. The summed E-state index contributed by atoms with van der Waals surface area (Å²) in [5.74, 6) is -0.787. The Kier molecular flexibility index (Phi) is 4.63. The highest BCUT2D eigenvalue weighted by Gasteiger charge is 2.12. The lowest BCUT2D eigenvalue weighted by Crippen LogP contribution is -2.14. The van der Waals surface area contributed by atoms with Crippen molar-refractivity contribution in [1.29, 1.82) is 0 Å². The average molecular weight is 351 g/mol. The van der Waals surface area contributed by atoms with E-state index < -0.39 is 5.82 Å². The molecule has 2 aromatic rings. The van der Waals surface area contributed by atoms with Crippen LogP contribution in [-0.4, -0.2) is 20.0 Å². The number of hydrogen-bond acceptors (Lipinski definition) is 2. The van der Waals surface area contributed by atoms with Crippen molar-refractivity contribution in [3.8, 4) is 0 Å². The number of anilines is 2. The molecule has 0 heterocycles. The second-order valence-corrected chi connectivity index (χ2v) is 5.83. The molecule has 0 aliphatic carbocycles. The van der Waals surface area contributed by atoms with Crippen molar-refractivity contribution in [3.63, 3.8) is 0 Å². The summed E-state index contributed by atoms with van der Waals surface area (Å²) in [7, 11) is 3.91. The average Bonchev–Trinajstić information content (AvgIpc) is 2.43. The third kappa shape index (κ3) is 3.61. The number of benzene rings is 2. The van der Waals surface area contributed by atoms with Gasteiger partial charge in [-0.05, 0) is 64.8 Å². The number of nitrogens with one attached hydrogen (secondary N) is 1. The molecular weight excluding hydrogens is 335 g/mol. The molecule has 0 atom stereocenters. The molecule has 0 aliphatic heterocycles. The predicted octanol–water partition coefficient (Wildman–Crippen LogP) is 4.21. The molecule has 0 saturated heterocycles. The Bertz CT molecular complexity index is 686. The van der Waals surface area contributed by atoms with Gasteiger partial charge < -0.3 is 10.2 Å². The molecular formula is C16H16BrFN2O. The molecule has 0 aromatic heterocycles. The van der Waals surface area contributed by atoms with Gasteiger partial charge in [0.15, 0.2) is 0 Å². The number of carbonyl (C=O) groups excluding carboxylic acids is 1. The van der Waals surface area contributed by atoms with Crippen LogP contribution in [0.3, 0.4) is 0 Å². The SMILES string of the molecule is Cc1cc(N(C)C)ccc1NC(=O)c1cc(F)ccc1Br. The zero-order chi connectivity index (χ0) is 15.6. The lowest BCUT2D eigenvalue weighted by Gasteiger charge is -2.15. The fourth-order valence-corrected chi connectivity index (χ4v) is 2.35. The fourth-order valence-electron chi connectivity index (χ4n) is 1.93. The van der Waals surface area contributed by atoms with Gasteiger partial charge in [-0.1, -0.05) is 0 Å². The molecule has 1 N–H and O–H groups in total. The third-order valence-corrected chi connectivity index (χ3v) is 3.84. The normalized spacial score (nSPS) is 10.3. The summed E-state index contributed by atoms with van der Waals surface area (Å²) in [4.78, 5) is 14.2. The zero-order valence-corrected chi connectivity index (χ0v) is 13.7. The Morgan fingerprint density at radius 3 is 2.52 bits per heavy atom. The summed E-state index contributed by atoms with van der Waals surface area (Å²) in [5, 5.41) is 2.81. The van der Waals surface area contributed by atoms with Crippen molar-refractivity contribution in [2.75, 3.05) is 24.3 Å². The van der Waals surface area contributed by atoms with Crippen molar-refractivity contribution in [2.24, 2.45) is 0 Å². The molecule has 110 valence electrons. The number of amides is 1. The predicted molar refractivity (Wildman–Crippen MR) is 87.6 cm³/mol. The Labute approximate surface area is 131 Å². The minimum absolute atomic E-state index is 0.270. The lowest BCUT2D eigenvalue weighted by atomic mass is 10.1. The van der Waals surface area contributed by atoms with Crippen molar-refractivity contribution in [3.05, 3.63) is 57.8 Å². The summed E-state index contributed by atoms with van der Waals surface area (Å²) in [5.41, 5.74) is 2.98. The second-order valence-electron chi connectivity index (χ2n) is 4.97. The molecule has 0 spiro atoms. The Hall–Kier alpha value is -1.88. The van der Waals surface area contributed by atoms with Crippen LogP contribution in [0.25, 0.3) is 0 Å². The molecule has 0 radical (unpaired) electrons. The van der Waals surface area contributed by atoms with Gasteiger partial charge in [0.2, 0.25) is 0 Å². The quantitative estimate of drug-likeness (QED) is 0.898. The van der Waals surface area contributed by atoms with Crippen LogP contribution < -0.4 is 10.2 Å². The van der Waals surface area contributed by atoms with E-state index in [2.05, 4.69) is 21.2 Å². The third-order valence-electron chi connectivity index (χ3n) is 3.15. The Morgan fingerprint density at radius 2 is 1.90 bits per heavy atom. The van der Waals surface area contributed by atoms with Gasteiger partial charge in [-0.2, -0.15) is 0 Å². The Morgan fingerprint density at radius 1 is 1.19 bits per heavy atom. The van der Waals surface area contributed by atoms with Gasteiger partial charge in [-0.3, -0.25) is 4.79 Å². The van der Waals surface area contributed by atoms with Crippen LogP contribution in [-0.2, 0) is 0 Å². The standard InChI is InChI=1S/C16H16BrFN2O/c1-10-8-12(20(2)3)5-7-15(10)19-16(21)13-9-11(18)4-6-14(13)17/h4-9H,1-3H3,(H,19,21). The number of rotatable bonds is 3. The molecule has 0 fully saturated rings. The molecule has 2 rings (SSSR count). The highest BCUT2D eigenvalue weighted by molar-refractivity contribution is 9.10. The van der Waals surface area contributed by atoms with Gasteiger partial charge in [0.1, 0.15) is 5.82 Å². The smallest absolute Gasteiger partial charge is 0.256 e. The van der Waals surface area contributed by atoms with Crippen LogP contribution in [0.4, 0.5) is 15.8 Å². The van der Waals surface area contributed by atoms with Gasteiger partial charge in [-0.25, -0.2) is 4.39 Å². The molecule has 21 heavy (non-hydrogen) atoms. The maximum absolute atomic E-state index is 13.3. The zero-order valence-electron chi connectivity index (χ0n) is 12.1. The summed E-state index contributed by atoms with van der Waals surface area (Å²) in [6.07, 6.45) is 0. The van der Waals surface area contributed by atoms with E-state index >= 15 is 0 Å². The van der Waals surface area contributed by atoms with Gasteiger partial charge in [-0.15, -0.1) is 0 Å². The second kappa shape index (κ2) is 6.26. The number of nitrogens with zero attached hydrogens (tertiary/aromatic N) is 1.